The molecule has 7 heteroatoms. The van der Waals surface area contributed by atoms with E-state index in [4.69, 9.17) is 0 Å². The zero-order chi connectivity index (χ0) is 17.9. The Morgan fingerprint density at radius 3 is 3.08 bits per heavy atom. The van der Waals surface area contributed by atoms with Gasteiger partial charge in [0.1, 0.15) is 0 Å². The number of thiophene rings is 1. The van der Waals surface area contributed by atoms with Gasteiger partial charge >= 0.3 is 0 Å². The smallest absolute Gasteiger partial charge is 0.274 e. The van der Waals surface area contributed by atoms with Crippen molar-refractivity contribution in [2.45, 2.75) is 45.2 Å². The number of H-pyrrole nitrogens is 1. The Labute approximate surface area is 156 Å². The normalized spacial score (nSPS) is 17.6. The van der Waals surface area contributed by atoms with Gasteiger partial charge in [0, 0.05) is 36.4 Å². The number of carbonyl (C=O) groups is 1. The Kier molecular flexibility index (Phi) is 4.88. The number of aryl methyl sites for hydroxylation is 2. The SMILES string of the molecule is Cc1ccc(-c2cc(C(=O)N3CCCC[C@@H]3CCn3cccn3)n[nH]2)s1. The molecule has 4 heterocycles. The fraction of sp³-hybridized carbons (Fsp3) is 0.421. The highest BCUT2D eigenvalue weighted by Gasteiger charge is 2.28. The van der Waals surface area contributed by atoms with E-state index in [1.54, 1.807) is 17.5 Å². The largest absolute Gasteiger partial charge is 0.334 e. The maximum Gasteiger partial charge on any atom is 0.274 e. The van der Waals surface area contributed by atoms with Crippen LogP contribution in [0.4, 0.5) is 0 Å². The summed E-state index contributed by atoms with van der Waals surface area (Å²) in [6, 6.07) is 8.21. The van der Waals surface area contributed by atoms with E-state index in [0.717, 1.165) is 42.9 Å². The van der Waals surface area contributed by atoms with Crippen LogP contribution in [-0.2, 0) is 6.54 Å². The van der Waals surface area contributed by atoms with Gasteiger partial charge in [0.15, 0.2) is 5.69 Å². The molecule has 0 aliphatic carbocycles. The highest BCUT2D eigenvalue weighted by molar-refractivity contribution is 7.15. The van der Waals surface area contributed by atoms with Crippen LogP contribution >= 0.6 is 11.3 Å². The lowest BCUT2D eigenvalue weighted by Crippen LogP contribution is -2.44. The number of carbonyl (C=O) groups excluding carboxylic acids is 1. The monoisotopic (exact) mass is 369 g/mol. The molecule has 0 bridgehead atoms. The predicted octanol–water partition coefficient (Wildman–Crippen LogP) is 3.73. The Hall–Kier alpha value is -2.41. The molecule has 0 aromatic carbocycles. The molecule has 26 heavy (non-hydrogen) atoms. The van der Waals surface area contributed by atoms with E-state index >= 15 is 0 Å². The summed E-state index contributed by atoms with van der Waals surface area (Å²) in [7, 11) is 0. The van der Waals surface area contributed by atoms with Gasteiger partial charge in [0.25, 0.3) is 5.91 Å². The van der Waals surface area contributed by atoms with Crippen LogP contribution in [0.5, 0.6) is 0 Å². The summed E-state index contributed by atoms with van der Waals surface area (Å²) in [6.07, 6.45) is 7.97. The number of nitrogens with zero attached hydrogens (tertiary/aromatic N) is 4. The van der Waals surface area contributed by atoms with Crippen molar-refractivity contribution in [3.63, 3.8) is 0 Å². The van der Waals surface area contributed by atoms with Crippen molar-refractivity contribution in [2.24, 2.45) is 0 Å². The second-order valence-electron chi connectivity index (χ2n) is 6.78. The molecule has 3 aromatic heterocycles. The molecule has 0 spiro atoms. The minimum absolute atomic E-state index is 0.0333. The standard InChI is InChI=1S/C19H23N5OS/c1-14-6-7-18(26-14)16-13-17(22-21-16)19(25)24-11-3-2-5-15(24)8-12-23-10-4-9-20-23/h4,6-7,9-10,13,15H,2-3,5,8,11-12H2,1H3,(H,21,22)/t15-/m1/s1. The molecule has 1 atom stereocenters. The van der Waals surface area contributed by atoms with E-state index in [-0.39, 0.29) is 11.9 Å². The number of piperidine rings is 1. The molecule has 1 N–H and O–H groups in total. The zero-order valence-electron chi connectivity index (χ0n) is 14.9. The molecule has 0 unspecified atom stereocenters. The zero-order valence-corrected chi connectivity index (χ0v) is 15.7. The summed E-state index contributed by atoms with van der Waals surface area (Å²) < 4.78 is 1.93. The van der Waals surface area contributed by atoms with Gasteiger partial charge in [-0.25, -0.2) is 0 Å². The van der Waals surface area contributed by atoms with Gasteiger partial charge in [-0.15, -0.1) is 11.3 Å². The maximum atomic E-state index is 13.0. The fourth-order valence-electron chi connectivity index (χ4n) is 3.57. The van der Waals surface area contributed by atoms with Crippen LogP contribution in [0.25, 0.3) is 10.6 Å². The lowest BCUT2D eigenvalue weighted by Gasteiger charge is -2.35. The molecule has 1 aliphatic heterocycles. The molecule has 0 saturated carbocycles. The molecule has 1 aliphatic rings. The first-order chi connectivity index (χ1) is 12.7. The summed E-state index contributed by atoms with van der Waals surface area (Å²) in [4.78, 5) is 17.4. The highest BCUT2D eigenvalue weighted by atomic mass is 32.1. The topological polar surface area (TPSA) is 66.8 Å². The van der Waals surface area contributed by atoms with E-state index < -0.39 is 0 Å². The van der Waals surface area contributed by atoms with Gasteiger partial charge in [-0.05, 0) is 56.9 Å². The number of nitrogens with one attached hydrogen (secondary N) is 1. The quantitative estimate of drug-likeness (QED) is 0.745. The summed E-state index contributed by atoms with van der Waals surface area (Å²) in [5.74, 6) is 0.0333. The molecule has 136 valence electrons. The lowest BCUT2D eigenvalue weighted by molar-refractivity contribution is 0.0588. The second-order valence-corrected chi connectivity index (χ2v) is 8.07. The van der Waals surface area contributed by atoms with Gasteiger partial charge in [-0.2, -0.15) is 10.2 Å². The average Bonchev–Trinajstić information content (AvgIpc) is 3.41. The number of likely N-dealkylation sites (tertiary alicyclic amines) is 1. The number of aromatic amines is 1. The van der Waals surface area contributed by atoms with Crippen LogP contribution in [0.1, 0.15) is 41.0 Å². The summed E-state index contributed by atoms with van der Waals surface area (Å²) in [6.45, 7) is 3.72. The first-order valence-electron chi connectivity index (χ1n) is 9.11. The molecule has 6 nitrogen and oxygen atoms in total. The third-order valence-electron chi connectivity index (χ3n) is 4.94. The predicted molar refractivity (Wildman–Crippen MR) is 102 cm³/mol. The van der Waals surface area contributed by atoms with Crippen LogP contribution in [0.15, 0.2) is 36.7 Å². The van der Waals surface area contributed by atoms with Gasteiger partial charge < -0.3 is 4.90 Å². The third kappa shape index (κ3) is 3.58. The number of aromatic nitrogens is 4. The fourth-order valence-corrected chi connectivity index (χ4v) is 4.40. The minimum atomic E-state index is 0.0333. The lowest BCUT2D eigenvalue weighted by atomic mass is 9.99. The number of hydrogen-bond donors (Lipinski definition) is 1. The van der Waals surface area contributed by atoms with Crippen molar-refractivity contribution < 1.29 is 4.79 Å². The molecule has 0 radical (unpaired) electrons. The van der Waals surface area contributed by atoms with Gasteiger partial charge in [-0.1, -0.05) is 0 Å². The van der Waals surface area contributed by atoms with Crippen LogP contribution in [0.2, 0.25) is 0 Å². The van der Waals surface area contributed by atoms with Crippen LogP contribution in [0.3, 0.4) is 0 Å². The molecular weight excluding hydrogens is 346 g/mol. The maximum absolute atomic E-state index is 13.0. The Morgan fingerprint density at radius 2 is 2.31 bits per heavy atom. The van der Waals surface area contributed by atoms with E-state index in [1.165, 1.54) is 11.3 Å². The molecule has 3 aromatic rings. The number of rotatable bonds is 5. The number of amides is 1. The molecule has 1 amide bonds. The van der Waals surface area contributed by atoms with Crippen LogP contribution in [-0.4, -0.2) is 43.4 Å². The van der Waals surface area contributed by atoms with E-state index in [9.17, 15) is 4.79 Å². The van der Waals surface area contributed by atoms with Crippen LogP contribution in [0, 0.1) is 6.92 Å². The van der Waals surface area contributed by atoms with Crippen LogP contribution < -0.4 is 0 Å². The van der Waals surface area contributed by atoms with Crippen molar-refractivity contribution >= 4 is 17.2 Å². The van der Waals surface area contributed by atoms with Gasteiger partial charge in [0.2, 0.25) is 0 Å². The number of hydrogen-bond acceptors (Lipinski definition) is 4. The Balaban J connectivity index is 1.47. The molecular formula is C19H23N5OS. The Morgan fingerprint density at radius 1 is 1.38 bits per heavy atom. The van der Waals surface area contributed by atoms with Crippen molar-refractivity contribution in [3.8, 4) is 10.6 Å². The minimum Gasteiger partial charge on any atom is -0.334 e. The average molecular weight is 369 g/mol. The Bertz CT molecular complexity index is 866. The molecule has 1 saturated heterocycles. The highest BCUT2D eigenvalue weighted by Crippen LogP contribution is 2.28. The van der Waals surface area contributed by atoms with Crippen molar-refractivity contribution in [2.75, 3.05) is 6.54 Å². The van der Waals surface area contributed by atoms with Crippen molar-refractivity contribution in [1.29, 1.82) is 0 Å². The molecule has 4 rings (SSSR count). The summed E-state index contributed by atoms with van der Waals surface area (Å²) >= 11 is 1.70. The van der Waals surface area contributed by atoms with Gasteiger partial charge in [-0.3, -0.25) is 14.6 Å². The summed E-state index contributed by atoms with van der Waals surface area (Å²) in [5.41, 5.74) is 1.42. The second kappa shape index (κ2) is 7.45. The van der Waals surface area contributed by atoms with Crippen molar-refractivity contribution in [3.05, 3.63) is 47.2 Å². The first kappa shape index (κ1) is 17.0. The van der Waals surface area contributed by atoms with Gasteiger partial charge in [0.05, 0.1) is 10.6 Å². The van der Waals surface area contributed by atoms with E-state index in [2.05, 4.69) is 34.4 Å². The first-order valence-corrected chi connectivity index (χ1v) is 9.93. The third-order valence-corrected chi connectivity index (χ3v) is 5.98. The van der Waals surface area contributed by atoms with E-state index in [1.807, 2.05) is 27.9 Å². The van der Waals surface area contributed by atoms with Crippen molar-refractivity contribution in [1.82, 2.24) is 24.9 Å². The van der Waals surface area contributed by atoms with E-state index in [0.29, 0.717) is 5.69 Å². The molecule has 1 fully saturated rings. The summed E-state index contributed by atoms with van der Waals surface area (Å²) in [5, 5.41) is 11.6.